The molecular weight excluding hydrogens is 448 g/mol. The van der Waals surface area contributed by atoms with Crippen molar-refractivity contribution in [1.29, 1.82) is 0 Å². The SMILES string of the molecule is CC(Cc1c[nH]c2ccccc12)(NCc1cc2ccccc2o1)C(=O)NCc1c(F)cccc1F. The Balaban J connectivity index is 1.40. The van der Waals surface area contributed by atoms with Crippen molar-refractivity contribution in [3.05, 3.63) is 108 Å². The molecule has 3 aromatic carbocycles. The summed E-state index contributed by atoms with van der Waals surface area (Å²) in [6.07, 6.45) is 2.23. The molecule has 2 heterocycles. The topological polar surface area (TPSA) is 70.1 Å². The standard InChI is InChI=1S/C28H25F2N3O2/c1-28(14-19-15-31-25-11-4-3-8-21(19)25,27(34)32-17-22-23(29)9-6-10-24(22)30)33-16-20-13-18-7-2-5-12-26(18)35-20/h2-13,15,31,33H,14,16-17H2,1H3,(H,32,34). The van der Waals surface area contributed by atoms with Crippen LogP contribution in [0.15, 0.2) is 83.4 Å². The zero-order valence-electron chi connectivity index (χ0n) is 19.2. The Kier molecular flexibility index (Phi) is 6.09. The minimum absolute atomic E-state index is 0.174. The summed E-state index contributed by atoms with van der Waals surface area (Å²) in [4.78, 5) is 16.7. The first-order valence-electron chi connectivity index (χ1n) is 11.4. The Labute approximate surface area is 201 Å². The molecule has 35 heavy (non-hydrogen) atoms. The van der Waals surface area contributed by atoms with Crippen LogP contribution in [0, 0.1) is 11.6 Å². The average molecular weight is 474 g/mol. The lowest BCUT2D eigenvalue weighted by atomic mass is 9.91. The first-order chi connectivity index (χ1) is 16.9. The summed E-state index contributed by atoms with van der Waals surface area (Å²) in [5.41, 5.74) is 1.42. The molecule has 0 saturated carbocycles. The number of aromatic amines is 1. The molecule has 1 amide bonds. The summed E-state index contributed by atoms with van der Waals surface area (Å²) in [6.45, 7) is 1.83. The number of amides is 1. The normalized spacial score (nSPS) is 13.2. The number of nitrogens with one attached hydrogen (secondary N) is 3. The highest BCUT2D eigenvalue weighted by molar-refractivity contribution is 5.89. The summed E-state index contributed by atoms with van der Waals surface area (Å²) in [7, 11) is 0. The molecule has 0 spiro atoms. The molecule has 1 atom stereocenters. The van der Waals surface area contributed by atoms with E-state index in [0.717, 1.165) is 27.4 Å². The molecule has 0 saturated heterocycles. The summed E-state index contributed by atoms with van der Waals surface area (Å²) in [6, 6.07) is 21.1. The Bertz CT molecular complexity index is 1450. The minimum atomic E-state index is -1.09. The van der Waals surface area contributed by atoms with Crippen LogP contribution in [-0.2, 0) is 24.3 Å². The second-order valence-electron chi connectivity index (χ2n) is 8.86. The van der Waals surface area contributed by atoms with Gasteiger partial charge >= 0.3 is 0 Å². The van der Waals surface area contributed by atoms with Gasteiger partial charge < -0.3 is 14.7 Å². The Morgan fingerprint density at radius 1 is 0.971 bits per heavy atom. The van der Waals surface area contributed by atoms with Crippen LogP contribution >= 0.6 is 0 Å². The van der Waals surface area contributed by atoms with Crippen molar-refractivity contribution in [2.45, 2.75) is 32.0 Å². The number of benzene rings is 3. The maximum absolute atomic E-state index is 14.1. The molecule has 5 aromatic rings. The van der Waals surface area contributed by atoms with E-state index in [9.17, 15) is 13.6 Å². The van der Waals surface area contributed by atoms with E-state index in [2.05, 4.69) is 15.6 Å². The molecule has 0 aliphatic carbocycles. The third kappa shape index (κ3) is 4.68. The molecule has 0 radical (unpaired) electrons. The number of carbonyl (C=O) groups is 1. The van der Waals surface area contributed by atoms with Gasteiger partial charge in [-0.3, -0.25) is 10.1 Å². The number of hydrogen-bond donors (Lipinski definition) is 3. The molecule has 1 unspecified atom stereocenters. The summed E-state index contributed by atoms with van der Waals surface area (Å²) < 4.78 is 34.2. The number of rotatable bonds is 8. The smallest absolute Gasteiger partial charge is 0.240 e. The van der Waals surface area contributed by atoms with Crippen molar-refractivity contribution in [2.24, 2.45) is 0 Å². The summed E-state index contributed by atoms with van der Waals surface area (Å²) >= 11 is 0. The number of aromatic nitrogens is 1. The van der Waals surface area contributed by atoms with Gasteiger partial charge in [-0.1, -0.05) is 42.5 Å². The molecule has 5 nitrogen and oxygen atoms in total. The first kappa shape index (κ1) is 22.8. The highest BCUT2D eigenvalue weighted by Gasteiger charge is 2.34. The van der Waals surface area contributed by atoms with Crippen LogP contribution in [0.1, 0.15) is 23.8 Å². The van der Waals surface area contributed by atoms with Crippen molar-refractivity contribution in [2.75, 3.05) is 0 Å². The lowest BCUT2D eigenvalue weighted by Crippen LogP contribution is -2.55. The lowest BCUT2D eigenvalue weighted by molar-refractivity contribution is -0.127. The molecule has 0 aliphatic heterocycles. The van der Waals surface area contributed by atoms with Crippen LogP contribution in [-0.4, -0.2) is 16.4 Å². The van der Waals surface area contributed by atoms with Crippen molar-refractivity contribution >= 4 is 27.8 Å². The van der Waals surface area contributed by atoms with Crippen LogP contribution in [0.2, 0.25) is 0 Å². The van der Waals surface area contributed by atoms with Gasteiger partial charge in [0.05, 0.1) is 12.1 Å². The molecule has 0 aliphatic rings. The number of furan rings is 1. The number of para-hydroxylation sites is 2. The van der Waals surface area contributed by atoms with Crippen molar-refractivity contribution < 1.29 is 18.0 Å². The van der Waals surface area contributed by atoms with Crippen molar-refractivity contribution in [3.8, 4) is 0 Å². The number of H-pyrrole nitrogens is 1. The molecule has 7 heteroatoms. The van der Waals surface area contributed by atoms with Gasteiger partial charge in [-0.25, -0.2) is 8.78 Å². The van der Waals surface area contributed by atoms with Gasteiger partial charge in [-0.2, -0.15) is 0 Å². The Hall–Kier alpha value is -3.97. The average Bonchev–Trinajstić information content (AvgIpc) is 3.46. The second-order valence-corrected chi connectivity index (χ2v) is 8.86. The molecule has 0 bridgehead atoms. The minimum Gasteiger partial charge on any atom is -0.460 e. The van der Waals surface area contributed by atoms with E-state index in [-0.39, 0.29) is 18.0 Å². The van der Waals surface area contributed by atoms with Gasteiger partial charge in [0.2, 0.25) is 5.91 Å². The van der Waals surface area contributed by atoms with Crippen molar-refractivity contribution in [1.82, 2.24) is 15.6 Å². The van der Waals surface area contributed by atoms with E-state index in [1.54, 1.807) is 6.92 Å². The number of carbonyl (C=O) groups excluding carboxylic acids is 1. The number of halogens is 2. The van der Waals surface area contributed by atoms with Gasteiger partial charge in [0, 0.05) is 41.0 Å². The second kappa shape index (κ2) is 9.35. The van der Waals surface area contributed by atoms with Crippen LogP contribution in [0.3, 0.4) is 0 Å². The monoisotopic (exact) mass is 473 g/mol. The van der Waals surface area contributed by atoms with Crippen LogP contribution in [0.5, 0.6) is 0 Å². The van der Waals surface area contributed by atoms with E-state index in [0.29, 0.717) is 18.7 Å². The van der Waals surface area contributed by atoms with Gasteiger partial charge in [0.15, 0.2) is 0 Å². The third-order valence-corrected chi connectivity index (χ3v) is 6.34. The molecule has 3 N–H and O–H groups in total. The maximum atomic E-state index is 14.1. The van der Waals surface area contributed by atoms with E-state index in [1.165, 1.54) is 18.2 Å². The first-order valence-corrected chi connectivity index (χ1v) is 11.4. The predicted octanol–water partition coefficient (Wildman–Crippen LogP) is 5.60. The van der Waals surface area contributed by atoms with E-state index >= 15 is 0 Å². The zero-order valence-corrected chi connectivity index (χ0v) is 19.2. The maximum Gasteiger partial charge on any atom is 0.240 e. The fourth-order valence-electron chi connectivity index (χ4n) is 4.35. The highest BCUT2D eigenvalue weighted by atomic mass is 19.1. The van der Waals surface area contributed by atoms with Gasteiger partial charge in [0.25, 0.3) is 0 Å². The molecular formula is C28H25F2N3O2. The number of hydrogen-bond acceptors (Lipinski definition) is 3. The van der Waals surface area contributed by atoms with Gasteiger partial charge in [0.1, 0.15) is 23.0 Å². The summed E-state index contributed by atoms with van der Waals surface area (Å²) in [5.74, 6) is -1.08. The molecule has 178 valence electrons. The quantitative estimate of drug-likeness (QED) is 0.275. The third-order valence-electron chi connectivity index (χ3n) is 6.34. The van der Waals surface area contributed by atoms with Crippen LogP contribution in [0.4, 0.5) is 8.78 Å². The fraction of sp³-hybridized carbons (Fsp3) is 0.179. The fourth-order valence-corrected chi connectivity index (χ4v) is 4.35. The van der Waals surface area contributed by atoms with Gasteiger partial charge in [-0.05, 0) is 42.8 Å². The highest BCUT2D eigenvalue weighted by Crippen LogP contribution is 2.25. The van der Waals surface area contributed by atoms with Crippen LogP contribution in [0.25, 0.3) is 21.9 Å². The number of fused-ring (bicyclic) bond motifs is 2. The zero-order chi connectivity index (χ0) is 24.4. The largest absolute Gasteiger partial charge is 0.460 e. The lowest BCUT2D eigenvalue weighted by Gasteiger charge is -2.29. The van der Waals surface area contributed by atoms with E-state index < -0.39 is 17.2 Å². The van der Waals surface area contributed by atoms with Gasteiger partial charge in [-0.15, -0.1) is 0 Å². The summed E-state index contributed by atoms with van der Waals surface area (Å²) in [5, 5.41) is 8.04. The Morgan fingerprint density at radius 3 is 2.51 bits per heavy atom. The predicted molar refractivity (Wildman–Crippen MR) is 132 cm³/mol. The van der Waals surface area contributed by atoms with Crippen LogP contribution < -0.4 is 10.6 Å². The van der Waals surface area contributed by atoms with E-state index in [1.807, 2.05) is 60.8 Å². The Morgan fingerprint density at radius 2 is 1.71 bits per heavy atom. The van der Waals surface area contributed by atoms with Crippen molar-refractivity contribution in [3.63, 3.8) is 0 Å². The molecule has 0 fully saturated rings. The molecule has 5 rings (SSSR count). The van der Waals surface area contributed by atoms with E-state index in [4.69, 9.17) is 4.42 Å². The molecule has 2 aromatic heterocycles.